The molecule has 0 fully saturated rings. The van der Waals surface area contributed by atoms with E-state index in [-0.39, 0.29) is 0 Å². The predicted molar refractivity (Wildman–Crippen MR) is 98.8 cm³/mol. The molecule has 0 radical (unpaired) electrons. The highest BCUT2D eigenvalue weighted by Crippen LogP contribution is 2.22. The topological polar surface area (TPSA) is 0 Å². The van der Waals surface area contributed by atoms with Gasteiger partial charge in [0.05, 0.1) is 0 Å². The van der Waals surface area contributed by atoms with Crippen LogP contribution in [0, 0.1) is 17.8 Å². The van der Waals surface area contributed by atoms with Gasteiger partial charge in [0, 0.05) is 0 Å². The molecule has 0 aromatic carbocycles. The van der Waals surface area contributed by atoms with Crippen LogP contribution < -0.4 is 0 Å². The van der Waals surface area contributed by atoms with E-state index in [1.165, 1.54) is 64.2 Å². The molecule has 0 aliphatic rings. The third-order valence-corrected chi connectivity index (χ3v) is 4.69. The maximum atomic E-state index is 2.45. The second-order valence-electron chi connectivity index (χ2n) is 7.82. The second kappa shape index (κ2) is 13.4. The third-order valence-electron chi connectivity index (χ3n) is 4.69. The Kier molecular flexibility index (Phi) is 13.2. The monoisotopic (exact) mass is 294 g/mol. The van der Waals surface area contributed by atoms with Crippen LogP contribution in [0.1, 0.15) is 106 Å². The summed E-state index contributed by atoms with van der Waals surface area (Å²) < 4.78 is 0. The van der Waals surface area contributed by atoms with Crippen LogP contribution in [0.15, 0.2) is 11.6 Å². The Hall–Kier alpha value is -0.260. The molecule has 126 valence electrons. The first-order chi connectivity index (χ1) is 9.95. The standard InChI is InChI=1S/C21H42/c1-7-11-19(4)14-9-15-21(6)17-10-16-20(5)13-8-12-18(2)3/h11,18,20-21H,7-10,12-17H2,1-6H3. The summed E-state index contributed by atoms with van der Waals surface area (Å²) in [5.74, 6) is 2.73. The normalized spacial score (nSPS) is 15.5. The minimum absolute atomic E-state index is 0.877. The Morgan fingerprint density at radius 2 is 1.24 bits per heavy atom. The molecule has 0 N–H and O–H groups in total. The van der Waals surface area contributed by atoms with Crippen molar-refractivity contribution in [3.05, 3.63) is 11.6 Å². The maximum Gasteiger partial charge on any atom is -0.0323 e. The molecular weight excluding hydrogens is 252 g/mol. The summed E-state index contributed by atoms with van der Waals surface area (Å²) in [6.07, 6.45) is 16.3. The van der Waals surface area contributed by atoms with Gasteiger partial charge in [-0.25, -0.2) is 0 Å². The summed E-state index contributed by atoms with van der Waals surface area (Å²) in [6.45, 7) is 14.1. The van der Waals surface area contributed by atoms with E-state index in [0.29, 0.717) is 0 Å². The lowest BCUT2D eigenvalue weighted by atomic mass is 9.91. The molecule has 21 heavy (non-hydrogen) atoms. The zero-order valence-corrected chi connectivity index (χ0v) is 15.9. The highest BCUT2D eigenvalue weighted by Gasteiger charge is 2.06. The molecule has 0 aromatic heterocycles. The van der Waals surface area contributed by atoms with Gasteiger partial charge >= 0.3 is 0 Å². The van der Waals surface area contributed by atoms with Crippen molar-refractivity contribution in [2.45, 2.75) is 106 Å². The molecular formula is C21H42. The summed E-state index contributed by atoms with van der Waals surface area (Å²) >= 11 is 0. The first kappa shape index (κ1) is 20.7. The van der Waals surface area contributed by atoms with E-state index in [0.717, 1.165) is 17.8 Å². The van der Waals surface area contributed by atoms with Crippen LogP contribution >= 0.6 is 0 Å². The van der Waals surface area contributed by atoms with E-state index >= 15 is 0 Å². The van der Waals surface area contributed by atoms with Gasteiger partial charge in [0.2, 0.25) is 0 Å². The van der Waals surface area contributed by atoms with Gasteiger partial charge in [0.15, 0.2) is 0 Å². The van der Waals surface area contributed by atoms with Gasteiger partial charge < -0.3 is 0 Å². The van der Waals surface area contributed by atoms with E-state index in [9.17, 15) is 0 Å². The molecule has 0 aromatic rings. The van der Waals surface area contributed by atoms with Gasteiger partial charge in [0.1, 0.15) is 0 Å². The van der Waals surface area contributed by atoms with Crippen molar-refractivity contribution in [3.8, 4) is 0 Å². The Balaban J connectivity index is 3.52. The average molecular weight is 295 g/mol. The first-order valence-electron chi connectivity index (χ1n) is 9.61. The molecule has 2 atom stereocenters. The molecule has 0 heteroatoms. The van der Waals surface area contributed by atoms with Crippen molar-refractivity contribution >= 4 is 0 Å². The minimum atomic E-state index is 0.877. The van der Waals surface area contributed by atoms with Crippen molar-refractivity contribution < 1.29 is 0 Å². The fourth-order valence-corrected chi connectivity index (χ4v) is 3.16. The Morgan fingerprint density at radius 1 is 0.762 bits per heavy atom. The van der Waals surface area contributed by atoms with Gasteiger partial charge in [-0.1, -0.05) is 91.2 Å². The molecule has 0 bridgehead atoms. The van der Waals surface area contributed by atoms with Crippen LogP contribution in [0.25, 0.3) is 0 Å². The number of hydrogen-bond acceptors (Lipinski definition) is 0. The Morgan fingerprint density at radius 3 is 1.71 bits per heavy atom. The predicted octanol–water partition coefficient (Wildman–Crippen LogP) is 7.78. The number of allylic oxidation sites excluding steroid dienone is 2. The van der Waals surface area contributed by atoms with E-state index in [4.69, 9.17) is 0 Å². The van der Waals surface area contributed by atoms with Crippen LogP contribution in [0.2, 0.25) is 0 Å². The van der Waals surface area contributed by atoms with Gasteiger partial charge in [-0.15, -0.1) is 0 Å². The molecule has 0 saturated heterocycles. The summed E-state index contributed by atoms with van der Waals surface area (Å²) in [5.41, 5.74) is 1.59. The maximum absolute atomic E-state index is 2.45. The van der Waals surface area contributed by atoms with Gasteiger partial charge in [-0.3, -0.25) is 0 Å². The first-order valence-corrected chi connectivity index (χ1v) is 9.61. The van der Waals surface area contributed by atoms with E-state index in [1.54, 1.807) is 5.57 Å². The molecule has 0 amide bonds. The van der Waals surface area contributed by atoms with Crippen LogP contribution in [-0.2, 0) is 0 Å². The highest BCUT2D eigenvalue weighted by atomic mass is 14.1. The van der Waals surface area contributed by atoms with Crippen LogP contribution in [0.3, 0.4) is 0 Å². The summed E-state index contributed by atoms with van der Waals surface area (Å²) in [5, 5.41) is 0. The molecule has 0 rings (SSSR count). The zero-order chi connectivity index (χ0) is 16.1. The molecule has 0 aliphatic heterocycles. The van der Waals surface area contributed by atoms with Gasteiger partial charge in [0.25, 0.3) is 0 Å². The average Bonchev–Trinajstić information content (AvgIpc) is 2.38. The lowest BCUT2D eigenvalue weighted by Gasteiger charge is -2.15. The fourth-order valence-electron chi connectivity index (χ4n) is 3.16. The summed E-state index contributed by atoms with van der Waals surface area (Å²) in [4.78, 5) is 0. The SMILES string of the molecule is CCC=C(C)CCCC(C)CCCC(C)CCCC(C)C. The van der Waals surface area contributed by atoms with Crippen molar-refractivity contribution in [2.75, 3.05) is 0 Å². The Bertz CT molecular complexity index is 249. The minimum Gasteiger partial charge on any atom is -0.0859 e. The van der Waals surface area contributed by atoms with Crippen molar-refractivity contribution in [1.82, 2.24) is 0 Å². The summed E-state index contributed by atoms with van der Waals surface area (Å²) in [7, 11) is 0. The van der Waals surface area contributed by atoms with Crippen LogP contribution in [-0.4, -0.2) is 0 Å². The quantitative estimate of drug-likeness (QED) is 0.304. The smallest absolute Gasteiger partial charge is 0.0323 e. The number of hydrogen-bond donors (Lipinski definition) is 0. The fraction of sp³-hybridized carbons (Fsp3) is 0.905. The van der Waals surface area contributed by atoms with Crippen LogP contribution in [0.5, 0.6) is 0 Å². The van der Waals surface area contributed by atoms with Crippen LogP contribution in [0.4, 0.5) is 0 Å². The zero-order valence-electron chi connectivity index (χ0n) is 15.9. The second-order valence-corrected chi connectivity index (χ2v) is 7.82. The van der Waals surface area contributed by atoms with Gasteiger partial charge in [-0.2, -0.15) is 0 Å². The van der Waals surface area contributed by atoms with E-state index in [1.807, 2.05) is 0 Å². The lowest BCUT2D eigenvalue weighted by Crippen LogP contribution is -2.00. The molecule has 0 nitrogen and oxygen atoms in total. The molecule has 2 unspecified atom stereocenters. The summed E-state index contributed by atoms with van der Waals surface area (Å²) in [6, 6.07) is 0. The van der Waals surface area contributed by atoms with Crippen molar-refractivity contribution in [1.29, 1.82) is 0 Å². The molecule has 0 aliphatic carbocycles. The Labute approximate surface area is 135 Å². The molecule has 0 saturated carbocycles. The lowest BCUT2D eigenvalue weighted by molar-refractivity contribution is 0.389. The number of rotatable bonds is 13. The third kappa shape index (κ3) is 14.4. The molecule has 0 spiro atoms. The van der Waals surface area contributed by atoms with Crippen molar-refractivity contribution in [3.63, 3.8) is 0 Å². The van der Waals surface area contributed by atoms with E-state index < -0.39 is 0 Å². The largest absolute Gasteiger partial charge is 0.0859 e. The van der Waals surface area contributed by atoms with Crippen molar-refractivity contribution in [2.24, 2.45) is 17.8 Å². The highest BCUT2D eigenvalue weighted by molar-refractivity contribution is 4.96. The van der Waals surface area contributed by atoms with E-state index in [2.05, 4.69) is 47.6 Å². The van der Waals surface area contributed by atoms with Gasteiger partial charge in [-0.05, 0) is 43.9 Å². The molecule has 0 heterocycles.